The van der Waals surface area contributed by atoms with E-state index in [2.05, 4.69) is 0 Å². The van der Waals surface area contributed by atoms with Gasteiger partial charge in [0.1, 0.15) is 0 Å². The maximum Gasteiger partial charge on any atom is 0.259 e. The smallest absolute Gasteiger partial charge is 0.259 e. The van der Waals surface area contributed by atoms with E-state index in [4.69, 9.17) is 5.41 Å². The Morgan fingerprint density at radius 3 is 2.28 bits per heavy atom. The number of hydrogen-bond acceptors (Lipinski definition) is 3. The molecule has 3 fully saturated rings. The molecule has 1 aromatic rings. The van der Waals surface area contributed by atoms with Gasteiger partial charge in [-0.15, -0.1) is 0 Å². The van der Waals surface area contributed by atoms with Crippen molar-refractivity contribution >= 4 is 12.2 Å². The fourth-order valence-electron chi connectivity index (χ4n) is 5.44. The zero-order valence-corrected chi connectivity index (χ0v) is 16.6. The van der Waals surface area contributed by atoms with Crippen LogP contribution in [0.5, 0.6) is 0 Å². The normalized spacial score (nSPS) is 31.1. The highest BCUT2D eigenvalue weighted by atomic mass is 19.3. The van der Waals surface area contributed by atoms with Gasteiger partial charge in [-0.25, -0.2) is 8.78 Å². The van der Waals surface area contributed by atoms with Crippen LogP contribution in [0, 0.1) is 23.2 Å². The SMILES string of the molecule is N=CN1CC[C@@H]2CN(C(=O)[C@](O)(c3ccccc3)[C@@H]3CCC(F)(F)C3)C[C@@H]2CC1. The lowest BCUT2D eigenvalue weighted by Crippen LogP contribution is -2.50. The minimum absolute atomic E-state index is 0.138. The molecule has 1 aliphatic carbocycles. The summed E-state index contributed by atoms with van der Waals surface area (Å²) in [5, 5.41) is 19.1. The van der Waals surface area contributed by atoms with Gasteiger partial charge in [-0.05, 0) is 36.7 Å². The molecule has 29 heavy (non-hydrogen) atoms. The Bertz CT molecular complexity index is 744. The summed E-state index contributed by atoms with van der Waals surface area (Å²) < 4.78 is 28.0. The number of rotatable bonds is 4. The third-order valence-electron chi connectivity index (χ3n) is 7.15. The molecule has 7 heteroatoms. The molecule has 0 aromatic heterocycles. The number of halogens is 2. The number of carbonyl (C=O) groups is 1. The minimum Gasteiger partial charge on any atom is -0.375 e. The van der Waals surface area contributed by atoms with Crippen LogP contribution >= 0.6 is 0 Å². The molecule has 0 spiro atoms. The van der Waals surface area contributed by atoms with E-state index in [0.29, 0.717) is 30.5 Å². The van der Waals surface area contributed by atoms with Crippen LogP contribution in [0.15, 0.2) is 30.3 Å². The predicted octanol–water partition coefficient (Wildman–Crippen LogP) is 3.09. The van der Waals surface area contributed by atoms with Gasteiger partial charge >= 0.3 is 0 Å². The highest BCUT2D eigenvalue weighted by Crippen LogP contribution is 2.48. The molecule has 1 saturated carbocycles. The molecule has 2 heterocycles. The van der Waals surface area contributed by atoms with Crippen molar-refractivity contribution in [1.82, 2.24) is 9.80 Å². The number of fused-ring (bicyclic) bond motifs is 1. The second-order valence-corrected chi connectivity index (χ2v) is 8.90. The maximum absolute atomic E-state index is 14.0. The first-order valence-corrected chi connectivity index (χ1v) is 10.5. The topological polar surface area (TPSA) is 67.6 Å². The molecule has 4 rings (SSSR count). The summed E-state index contributed by atoms with van der Waals surface area (Å²) in [7, 11) is 0. The van der Waals surface area contributed by atoms with Gasteiger partial charge < -0.3 is 14.9 Å². The van der Waals surface area contributed by atoms with Crippen LogP contribution in [-0.2, 0) is 10.4 Å². The largest absolute Gasteiger partial charge is 0.375 e. The van der Waals surface area contributed by atoms with Gasteiger partial charge in [0.05, 0.1) is 6.34 Å². The number of carbonyl (C=O) groups excluding carboxylic acids is 1. The van der Waals surface area contributed by atoms with Crippen LogP contribution in [-0.4, -0.2) is 59.3 Å². The Balaban J connectivity index is 1.58. The number of amides is 1. The number of nitrogens with one attached hydrogen (secondary N) is 1. The zero-order chi connectivity index (χ0) is 20.6. The van der Waals surface area contributed by atoms with Crippen LogP contribution in [0.25, 0.3) is 0 Å². The summed E-state index contributed by atoms with van der Waals surface area (Å²) >= 11 is 0. The predicted molar refractivity (Wildman–Crippen MR) is 106 cm³/mol. The summed E-state index contributed by atoms with van der Waals surface area (Å²) in [4.78, 5) is 17.3. The van der Waals surface area contributed by atoms with Gasteiger partial charge in [-0.2, -0.15) is 0 Å². The van der Waals surface area contributed by atoms with Crippen molar-refractivity contribution in [1.29, 1.82) is 5.41 Å². The number of nitrogens with zero attached hydrogens (tertiary/aromatic N) is 2. The van der Waals surface area contributed by atoms with Crippen LogP contribution in [0.1, 0.15) is 37.7 Å². The quantitative estimate of drug-likeness (QED) is 0.598. The van der Waals surface area contributed by atoms with Gasteiger partial charge in [0.2, 0.25) is 5.92 Å². The lowest BCUT2D eigenvalue weighted by atomic mass is 9.79. The number of hydrogen-bond donors (Lipinski definition) is 2. The molecule has 2 N–H and O–H groups in total. The second kappa shape index (κ2) is 7.67. The molecule has 0 bridgehead atoms. The molecule has 2 saturated heterocycles. The lowest BCUT2D eigenvalue weighted by Gasteiger charge is -2.36. The van der Waals surface area contributed by atoms with Gasteiger partial charge in [0.15, 0.2) is 5.60 Å². The van der Waals surface area contributed by atoms with Crippen LogP contribution < -0.4 is 0 Å². The monoisotopic (exact) mass is 405 g/mol. The van der Waals surface area contributed by atoms with Crippen molar-refractivity contribution < 1.29 is 18.7 Å². The third-order valence-corrected chi connectivity index (χ3v) is 7.15. The van der Waals surface area contributed by atoms with E-state index in [0.717, 1.165) is 25.9 Å². The Morgan fingerprint density at radius 2 is 1.76 bits per heavy atom. The molecule has 4 atom stereocenters. The fourth-order valence-corrected chi connectivity index (χ4v) is 5.44. The van der Waals surface area contributed by atoms with E-state index in [9.17, 15) is 18.7 Å². The summed E-state index contributed by atoms with van der Waals surface area (Å²) in [6, 6.07) is 8.61. The Hall–Kier alpha value is -2.02. The van der Waals surface area contributed by atoms with Crippen molar-refractivity contribution in [2.45, 2.75) is 43.6 Å². The van der Waals surface area contributed by atoms with Gasteiger partial charge in [0.25, 0.3) is 5.91 Å². The summed E-state index contributed by atoms with van der Waals surface area (Å²) in [6.07, 6.45) is 2.56. The molecular formula is C22H29F2N3O2. The van der Waals surface area contributed by atoms with Crippen LogP contribution in [0.3, 0.4) is 0 Å². The van der Waals surface area contributed by atoms with Crippen molar-refractivity contribution in [3.05, 3.63) is 35.9 Å². The van der Waals surface area contributed by atoms with Gasteiger partial charge in [-0.1, -0.05) is 30.3 Å². The van der Waals surface area contributed by atoms with E-state index >= 15 is 0 Å². The number of aliphatic hydroxyl groups is 1. The van der Waals surface area contributed by atoms with Gasteiger partial charge in [-0.3, -0.25) is 10.2 Å². The highest BCUT2D eigenvalue weighted by molar-refractivity contribution is 5.87. The lowest BCUT2D eigenvalue weighted by molar-refractivity contribution is -0.159. The average molecular weight is 405 g/mol. The first-order valence-electron chi connectivity index (χ1n) is 10.5. The van der Waals surface area contributed by atoms with E-state index in [-0.39, 0.29) is 12.8 Å². The van der Waals surface area contributed by atoms with Crippen molar-refractivity contribution in [3.63, 3.8) is 0 Å². The first kappa shape index (κ1) is 20.3. The molecule has 5 nitrogen and oxygen atoms in total. The first-order chi connectivity index (χ1) is 13.8. The summed E-state index contributed by atoms with van der Waals surface area (Å²) in [6.45, 7) is 2.69. The fraction of sp³-hybridized carbons (Fsp3) is 0.636. The van der Waals surface area contributed by atoms with E-state index in [1.165, 1.54) is 6.34 Å². The van der Waals surface area contributed by atoms with Crippen molar-refractivity contribution in [2.24, 2.45) is 17.8 Å². The number of alkyl halides is 2. The minimum atomic E-state index is -2.83. The van der Waals surface area contributed by atoms with Crippen molar-refractivity contribution in [2.75, 3.05) is 26.2 Å². The summed E-state index contributed by atoms with van der Waals surface area (Å²) in [5.41, 5.74) is -1.50. The standard InChI is InChI=1S/C22H29F2N3O2/c23-21(24)9-6-19(12-21)22(29,18-4-2-1-3-5-18)20(28)27-13-16-7-10-26(15-25)11-8-17(16)14-27/h1-5,15-17,19,25,29H,6-14H2/t16-,17+,19-,22+/m1/s1. The average Bonchev–Trinajstić information content (AvgIpc) is 3.25. The Labute approximate surface area is 170 Å². The number of likely N-dealkylation sites (tertiary alicyclic amines) is 2. The van der Waals surface area contributed by atoms with Crippen LogP contribution in [0.2, 0.25) is 0 Å². The van der Waals surface area contributed by atoms with Crippen LogP contribution in [0.4, 0.5) is 8.78 Å². The molecule has 1 aromatic carbocycles. The highest BCUT2D eigenvalue weighted by Gasteiger charge is 2.55. The molecular weight excluding hydrogens is 376 g/mol. The second-order valence-electron chi connectivity index (χ2n) is 8.90. The summed E-state index contributed by atoms with van der Waals surface area (Å²) in [5.74, 6) is -3.39. The van der Waals surface area contributed by atoms with Crippen molar-refractivity contribution in [3.8, 4) is 0 Å². The number of benzene rings is 1. The Kier molecular flexibility index (Phi) is 5.36. The maximum atomic E-state index is 14.0. The molecule has 1 amide bonds. The molecule has 0 radical (unpaired) electrons. The zero-order valence-electron chi connectivity index (χ0n) is 16.6. The molecule has 3 aliphatic rings. The molecule has 158 valence electrons. The van der Waals surface area contributed by atoms with E-state index < -0.39 is 29.8 Å². The van der Waals surface area contributed by atoms with E-state index in [1.807, 2.05) is 4.90 Å². The Morgan fingerprint density at radius 1 is 1.14 bits per heavy atom. The molecule has 0 unspecified atom stereocenters. The molecule has 2 aliphatic heterocycles. The van der Waals surface area contributed by atoms with Gasteiger partial charge in [0, 0.05) is 44.9 Å². The third kappa shape index (κ3) is 3.77. The van der Waals surface area contributed by atoms with E-state index in [1.54, 1.807) is 35.2 Å².